The van der Waals surface area contributed by atoms with Gasteiger partial charge in [0.05, 0.1) is 13.2 Å². The van der Waals surface area contributed by atoms with Gasteiger partial charge in [-0.3, -0.25) is 0 Å². The van der Waals surface area contributed by atoms with Crippen molar-refractivity contribution in [2.75, 3.05) is 26.9 Å². The first-order valence-electron chi connectivity index (χ1n) is 13.7. The fraction of sp³-hybridized carbons (Fsp3) is 0.926. The number of carbonyl (C=O) groups is 2. The number of unbranched alkanes of at least 4 members (excludes halogenated alkanes) is 14. The Bertz CT molecular complexity index is 458. The van der Waals surface area contributed by atoms with E-state index in [1.807, 2.05) is 13.8 Å². The molecule has 0 radical (unpaired) electrons. The van der Waals surface area contributed by atoms with E-state index in [0.29, 0.717) is 13.2 Å². The molecule has 0 aliphatic carbocycles. The van der Waals surface area contributed by atoms with Gasteiger partial charge >= 0.3 is 12.1 Å². The van der Waals surface area contributed by atoms with Gasteiger partial charge in [-0.15, -0.1) is 0 Å². The van der Waals surface area contributed by atoms with Crippen molar-refractivity contribution in [3.05, 3.63) is 0 Å². The van der Waals surface area contributed by atoms with Crippen LogP contribution in [0.1, 0.15) is 124 Å². The lowest BCUT2D eigenvalue weighted by Gasteiger charge is -2.22. The number of ether oxygens (including phenoxy) is 3. The smallest absolute Gasteiger partial charge is 0.407 e. The van der Waals surface area contributed by atoms with E-state index in [1.54, 1.807) is 7.11 Å². The molecule has 0 rings (SSSR count). The molecule has 0 heterocycles. The maximum absolute atomic E-state index is 12.4. The molecular weight excluding hydrogens is 418 g/mol. The summed E-state index contributed by atoms with van der Waals surface area (Å²) in [6, 6.07) is -0.679. The predicted molar refractivity (Wildman–Crippen MR) is 135 cm³/mol. The van der Waals surface area contributed by atoms with Crippen LogP contribution in [0.2, 0.25) is 0 Å². The Labute approximate surface area is 203 Å². The number of esters is 1. The number of nitrogens with one attached hydrogen (secondary N) is 1. The van der Waals surface area contributed by atoms with Crippen LogP contribution < -0.4 is 5.32 Å². The van der Waals surface area contributed by atoms with E-state index in [2.05, 4.69) is 12.2 Å². The average molecular weight is 472 g/mol. The molecular formula is C27H53NO5. The van der Waals surface area contributed by atoms with Gasteiger partial charge in [0.25, 0.3) is 0 Å². The van der Waals surface area contributed by atoms with Gasteiger partial charge in [-0.05, 0) is 12.3 Å². The van der Waals surface area contributed by atoms with Crippen LogP contribution in [0.4, 0.5) is 4.79 Å². The highest BCUT2D eigenvalue weighted by Gasteiger charge is 2.27. The normalized spacial score (nSPS) is 12.8. The Balaban J connectivity index is 3.70. The molecule has 1 amide bonds. The number of carbonyl (C=O) groups excluding carboxylic acids is 2. The van der Waals surface area contributed by atoms with Crippen molar-refractivity contribution < 1.29 is 23.8 Å². The van der Waals surface area contributed by atoms with Gasteiger partial charge in [-0.25, -0.2) is 9.59 Å². The Kier molecular flexibility index (Phi) is 22.9. The standard InChI is InChI=1S/C27H53NO5/c1-5-7-8-9-10-11-12-13-14-15-16-17-18-19-20-21-32-26(29)25(24(3)6-2)28-27(30)33-23-22-31-4/h24-25H,5-23H2,1-4H3,(H,28,30). The molecule has 196 valence electrons. The first-order valence-corrected chi connectivity index (χ1v) is 13.7. The molecule has 0 aliphatic heterocycles. The summed E-state index contributed by atoms with van der Waals surface area (Å²) in [7, 11) is 1.54. The molecule has 6 heteroatoms. The first kappa shape index (κ1) is 31.7. The zero-order valence-electron chi connectivity index (χ0n) is 22.1. The number of hydrogen-bond acceptors (Lipinski definition) is 5. The fourth-order valence-electron chi connectivity index (χ4n) is 3.79. The molecule has 0 aliphatic rings. The second-order valence-corrected chi connectivity index (χ2v) is 9.25. The lowest BCUT2D eigenvalue weighted by atomic mass is 9.99. The molecule has 0 aromatic carbocycles. The number of rotatable bonds is 23. The molecule has 2 atom stereocenters. The van der Waals surface area contributed by atoms with Crippen LogP contribution in [0.25, 0.3) is 0 Å². The molecule has 0 bridgehead atoms. The molecule has 33 heavy (non-hydrogen) atoms. The number of alkyl carbamates (subject to hydrolysis) is 1. The zero-order chi connectivity index (χ0) is 24.6. The Morgan fingerprint density at radius 2 is 1.15 bits per heavy atom. The Hall–Kier alpha value is -1.30. The summed E-state index contributed by atoms with van der Waals surface area (Å²) in [5.41, 5.74) is 0. The summed E-state index contributed by atoms with van der Waals surface area (Å²) < 4.78 is 15.3. The van der Waals surface area contributed by atoms with Crippen molar-refractivity contribution in [3.8, 4) is 0 Å². The first-order chi connectivity index (χ1) is 16.1. The van der Waals surface area contributed by atoms with E-state index >= 15 is 0 Å². The van der Waals surface area contributed by atoms with Gasteiger partial charge in [0, 0.05) is 7.11 Å². The summed E-state index contributed by atoms with van der Waals surface area (Å²) in [4.78, 5) is 24.3. The summed E-state index contributed by atoms with van der Waals surface area (Å²) in [5, 5.41) is 2.64. The predicted octanol–water partition coefficient (Wildman–Crippen LogP) is 7.19. The van der Waals surface area contributed by atoms with Crippen LogP contribution in [0.5, 0.6) is 0 Å². The lowest BCUT2D eigenvalue weighted by Crippen LogP contribution is -2.46. The third-order valence-electron chi connectivity index (χ3n) is 6.25. The molecule has 0 fully saturated rings. The molecule has 2 unspecified atom stereocenters. The summed E-state index contributed by atoms with van der Waals surface area (Å²) in [5.74, 6) is -0.396. The number of amides is 1. The molecule has 0 saturated carbocycles. The molecule has 1 N–H and O–H groups in total. The van der Waals surface area contributed by atoms with Crippen molar-refractivity contribution in [1.82, 2.24) is 5.32 Å². The van der Waals surface area contributed by atoms with Gasteiger partial charge in [-0.1, -0.05) is 117 Å². The molecule has 0 spiro atoms. The van der Waals surface area contributed by atoms with Gasteiger partial charge in [-0.2, -0.15) is 0 Å². The SMILES string of the molecule is CCCCCCCCCCCCCCCCCOC(=O)C(NC(=O)OCCOC)C(C)CC. The van der Waals surface area contributed by atoms with Gasteiger partial charge in [0.1, 0.15) is 12.6 Å². The maximum Gasteiger partial charge on any atom is 0.407 e. The molecule has 0 aromatic heterocycles. The highest BCUT2D eigenvalue weighted by Crippen LogP contribution is 2.14. The minimum Gasteiger partial charge on any atom is -0.464 e. The number of hydrogen-bond donors (Lipinski definition) is 1. The highest BCUT2D eigenvalue weighted by atomic mass is 16.6. The number of methoxy groups -OCH3 is 1. The van der Waals surface area contributed by atoms with Crippen LogP contribution in [-0.2, 0) is 19.0 Å². The molecule has 0 aromatic rings. The Morgan fingerprint density at radius 3 is 1.61 bits per heavy atom. The van der Waals surface area contributed by atoms with Crippen LogP contribution in [0, 0.1) is 5.92 Å². The van der Waals surface area contributed by atoms with E-state index in [-0.39, 0.29) is 18.5 Å². The van der Waals surface area contributed by atoms with Gasteiger partial charge in [0.15, 0.2) is 0 Å². The van der Waals surface area contributed by atoms with Crippen molar-refractivity contribution >= 4 is 12.1 Å². The lowest BCUT2D eigenvalue weighted by molar-refractivity contribution is -0.147. The average Bonchev–Trinajstić information content (AvgIpc) is 2.81. The highest BCUT2D eigenvalue weighted by molar-refractivity contribution is 5.81. The minimum absolute atomic E-state index is 0.0199. The van der Waals surface area contributed by atoms with Crippen LogP contribution in [0.3, 0.4) is 0 Å². The topological polar surface area (TPSA) is 73.9 Å². The Morgan fingerprint density at radius 1 is 0.667 bits per heavy atom. The van der Waals surface area contributed by atoms with E-state index in [1.165, 1.54) is 83.5 Å². The maximum atomic E-state index is 12.4. The largest absolute Gasteiger partial charge is 0.464 e. The van der Waals surface area contributed by atoms with Gasteiger partial charge < -0.3 is 19.5 Å². The summed E-state index contributed by atoms with van der Waals surface area (Å²) in [6.45, 7) is 7.07. The van der Waals surface area contributed by atoms with E-state index in [4.69, 9.17) is 14.2 Å². The van der Waals surface area contributed by atoms with Crippen LogP contribution in [0.15, 0.2) is 0 Å². The fourth-order valence-corrected chi connectivity index (χ4v) is 3.79. The summed E-state index contributed by atoms with van der Waals surface area (Å²) in [6.07, 6.45) is 19.7. The minimum atomic E-state index is -0.679. The van der Waals surface area contributed by atoms with E-state index in [0.717, 1.165) is 19.3 Å². The summed E-state index contributed by atoms with van der Waals surface area (Å²) >= 11 is 0. The van der Waals surface area contributed by atoms with E-state index < -0.39 is 12.1 Å². The van der Waals surface area contributed by atoms with Crippen molar-refractivity contribution in [3.63, 3.8) is 0 Å². The van der Waals surface area contributed by atoms with Crippen LogP contribution in [-0.4, -0.2) is 45.0 Å². The molecule has 0 saturated heterocycles. The van der Waals surface area contributed by atoms with Gasteiger partial charge in [0.2, 0.25) is 0 Å². The second-order valence-electron chi connectivity index (χ2n) is 9.25. The quantitative estimate of drug-likeness (QED) is 0.126. The van der Waals surface area contributed by atoms with Crippen LogP contribution >= 0.6 is 0 Å². The monoisotopic (exact) mass is 471 g/mol. The van der Waals surface area contributed by atoms with Crippen molar-refractivity contribution in [1.29, 1.82) is 0 Å². The zero-order valence-corrected chi connectivity index (χ0v) is 22.1. The van der Waals surface area contributed by atoms with Crippen molar-refractivity contribution in [2.24, 2.45) is 5.92 Å². The van der Waals surface area contributed by atoms with E-state index in [9.17, 15) is 9.59 Å². The third kappa shape index (κ3) is 19.8. The molecule has 6 nitrogen and oxygen atoms in total. The van der Waals surface area contributed by atoms with Crippen molar-refractivity contribution in [2.45, 2.75) is 130 Å². The third-order valence-corrected chi connectivity index (χ3v) is 6.25. The second kappa shape index (κ2) is 23.8.